The van der Waals surface area contributed by atoms with Gasteiger partial charge in [0.1, 0.15) is 12.2 Å². The van der Waals surface area contributed by atoms with Crippen molar-refractivity contribution in [3.05, 3.63) is 35.9 Å². The summed E-state index contributed by atoms with van der Waals surface area (Å²) in [6.45, 7) is 11.6. The molecule has 0 spiro atoms. The average Bonchev–Trinajstić information content (AvgIpc) is 3.10. The molecule has 0 bridgehead atoms. The maximum absolute atomic E-state index is 12.6. The third-order valence-electron chi connectivity index (χ3n) is 6.27. The van der Waals surface area contributed by atoms with Gasteiger partial charge in [0.05, 0.1) is 12.0 Å². The molecule has 1 aliphatic heterocycles. The number of hydrogen-bond donors (Lipinski definition) is 0. The predicted octanol–water partition coefficient (Wildman–Crippen LogP) is 4.19. The van der Waals surface area contributed by atoms with E-state index in [4.69, 9.17) is 13.9 Å². The van der Waals surface area contributed by atoms with Crippen molar-refractivity contribution in [1.29, 1.82) is 0 Å². The van der Waals surface area contributed by atoms with Crippen LogP contribution in [0.3, 0.4) is 0 Å². The van der Waals surface area contributed by atoms with Crippen LogP contribution in [0.2, 0.25) is 18.1 Å². The summed E-state index contributed by atoms with van der Waals surface area (Å²) in [6.07, 6.45) is 0.399. The van der Waals surface area contributed by atoms with Gasteiger partial charge >= 0.3 is 11.9 Å². The standard InChI is InChI=1S/C21H30O5Si/c1-21(2,3)27(4,5)24-13-16-11-15-12-17(22)25-18(15)19(16)26-20(23)14-9-7-6-8-10-14/h6-10,15-16,18-19H,11-13H2,1-5H3. The first kappa shape index (κ1) is 20.1. The molecule has 4 unspecified atom stereocenters. The summed E-state index contributed by atoms with van der Waals surface area (Å²) in [7, 11) is -1.90. The lowest BCUT2D eigenvalue weighted by Crippen LogP contribution is -2.43. The largest absolute Gasteiger partial charge is 0.458 e. The van der Waals surface area contributed by atoms with Gasteiger partial charge in [0.25, 0.3) is 0 Å². The summed E-state index contributed by atoms with van der Waals surface area (Å²) in [5.74, 6) is -0.412. The Kier molecular flexibility index (Phi) is 5.50. The van der Waals surface area contributed by atoms with E-state index in [-0.39, 0.29) is 34.9 Å². The fourth-order valence-electron chi connectivity index (χ4n) is 3.59. The topological polar surface area (TPSA) is 61.8 Å². The minimum atomic E-state index is -1.90. The van der Waals surface area contributed by atoms with Gasteiger partial charge < -0.3 is 13.9 Å². The van der Waals surface area contributed by atoms with Gasteiger partial charge in [-0.3, -0.25) is 4.79 Å². The van der Waals surface area contributed by atoms with Crippen molar-refractivity contribution in [2.24, 2.45) is 11.8 Å². The summed E-state index contributed by atoms with van der Waals surface area (Å²) in [6, 6.07) is 8.94. The molecule has 0 radical (unpaired) electrons. The fraction of sp³-hybridized carbons (Fsp3) is 0.619. The number of ether oxygens (including phenoxy) is 2. The Balaban J connectivity index is 1.72. The van der Waals surface area contributed by atoms with Gasteiger partial charge in [0.2, 0.25) is 0 Å². The lowest BCUT2D eigenvalue weighted by molar-refractivity contribution is -0.146. The first-order valence-electron chi connectivity index (χ1n) is 9.68. The van der Waals surface area contributed by atoms with Gasteiger partial charge in [-0.25, -0.2) is 4.79 Å². The molecule has 27 heavy (non-hydrogen) atoms. The van der Waals surface area contributed by atoms with E-state index >= 15 is 0 Å². The number of carbonyl (C=O) groups is 2. The van der Waals surface area contributed by atoms with Crippen LogP contribution in [0.15, 0.2) is 30.3 Å². The van der Waals surface area contributed by atoms with E-state index in [1.54, 1.807) is 12.1 Å². The normalized spacial score (nSPS) is 28.0. The molecule has 0 aromatic heterocycles. The molecule has 3 rings (SSSR count). The number of carbonyl (C=O) groups excluding carboxylic acids is 2. The molecular formula is C21H30O5Si. The van der Waals surface area contributed by atoms with Crippen LogP contribution in [-0.4, -0.2) is 39.1 Å². The highest BCUT2D eigenvalue weighted by atomic mass is 28.4. The molecule has 1 saturated heterocycles. The number of hydrogen-bond acceptors (Lipinski definition) is 5. The zero-order chi connectivity index (χ0) is 19.8. The van der Waals surface area contributed by atoms with Crippen LogP contribution in [0.5, 0.6) is 0 Å². The second-order valence-electron chi connectivity index (χ2n) is 9.22. The van der Waals surface area contributed by atoms with Gasteiger partial charge in [-0.05, 0) is 36.7 Å². The lowest BCUT2D eigenvalue weighted by Gasteiger charge is -2.37. The molecule has 2 fully saturated rings. The minimum Gasteiger partial charge on any atom is -0.458 e. The average molecular weight is 391 g/mol. The molecule has 5 nitrogen and oxygen atoms in total. The Morgan fingerprint density at radius 3 is 2.52 bits per heavy atom. The Bertz CT molecular complexity index is 694. The van der Waals surface area contributed by atoms with Gasteiger partial charge in [-0.15, -0.1) is 0 Å². The van der Waals surface area contributed by atoms with Crippen molar-refractivity contribution in [3.63, 3.8) is 0 Å². The second-order valence-corrected chi connectivity index (χ2v) is 14.0. The zero-order valence-corrected chi connectivity index (χ0v) is 17.9. The lowest BCUT2D eigenvalue weighted by atomic mass is 10.0. The van der Waals surface area contributed by atoms with Gasteiger partial charge in [-0.1, -0.05) is 39.0 Å². The number of esters is 2. The molecule has 2 aliphatic rings. The molecule has 148 valence electrons. The third-order valence-corrected chi connectivity index (χ3v) is 10.8. The maximum Gasteiger partial charge on any atom is 0.338 e. The van der Waals surface area contributed by atoms with Crippen molar-refractivity contribution < 1.29 is 23.5 Å². The Labute approximate surface area is 162 Å². The Morgan fingerprint density at radius 1 is 1.22 bits per heavy atom. The first-order valence-corrected chi connectivity index (χ1v) is 12.6. The van der Waals surface area contributed by atoms with Crippen LogP contribution in [0.4, 0.5) is 0 Å². The van der Waals surface area contributed by atoms with E-state index < -0.39 is 14.4 Å². The molecule has 1 aliphatic carbocycles. The highest BCUT2D eigenvalue weighted by Gasteiger charge is 2.53. The second kappa shape index (κ2) is 7.39. The summed E-state index contributed by atoms with van der Waals surface area (Å²) in [5.41, 5.74) is 0.509. The maximum atomic E-state index is 12.6. The monoisotopic (exact) mass is 390 g/mol. The van der Waals surface area contributed by atoms with E-state index in [0.29, 0.717) is 18.6 Å². The van der Waals surface area contributed by atoms with Crippen LogP contribution in [-0.2, 0) is 18.7 Å². The van der Waals surface area contributed by atoms with Crippen LogP contribution >= 0.6 is 0 Å². The zero-order valence-electron chi connectivity index (χ0n) is 16.9. The molecule has 0 amide bonds. The minimum absolute atomic E-state index is 0.0508. The summed E-state index contributed by atoms with van der Waals surface area (Å²) in [4.78, 5) is 24.3. The molecule has 1 aromatic carbocycles. The number of rotatable bonds is 5. The van der Waals surface area contributed by atoms with Crippen molar-refractivity contribution in [1.82, 2.24) is 0 Å². The van der Waals surface area contributed by atoms with E-state index in [1.165, 1.54) is 0 Å². The summed E-state index contributed by atoms with van der Waals surface area (Å²) >= 11 is 0. The number of benzene rings is 1. The summed E-state index contributed by atoms with van der Waals surface area (Å²) in [5, 5.41) is 0.115. The van der Waals surface area contributed by atoms with Crippen molar-refractivity contribution in [2.75, 3.05) is 6.61 Å². The van der Waals surface area contributed by atoms with Gasteiger partial charge in [0, 0.05) is 18.4 Å². The molecule has 4 atom stereocenters. The molecule has 1 aromatic rings. The predicted molar refractivity (Wildman–Crippen MR) is 105 cm³/mol. The van der Waals surface area contributed by atoms with Crippen molar-refractivity contribution in [3.8, 4) is 0 Å². The summed E-state index contributed by atoms with van der Waals surface area (Å²) < 4.78 is 17.7. The van der Waals surface area contributed by atoms with Crippen LogP contribution in [0.25, 0.3) is 0 Å². The number of fused-ring (bicyclic) bond motifs is 1. The quantitative estimate of drug-likeness (QED) is 0.557. The highest BCUT2D eigenvalue weighted by Crippen LogP contribution is 2.44. The van der Waals surface area contributed by atoms with Gasteiger partial charge in [-0.2, -0.15) is 0 Å². The van der Waals surface area contributed by atoms with Crippen LogP contribution in [0, 0.1) is 11.8 Å². The molecule has 0 N–H and O–H groups in total. The highest BCUT2D eigenvalue weighted by molar-refractivity contribution is 6.74. The third kappa shape index (κ3) is 4.27. The fourth-order valence-corrected chi connectivity index (χ4v) is 4.66. The van der Waals surface area contributed by atoms with Crippen LogP contribution < -0.4 is 0 Å². The molecule has 1 heterocycles. The van der Waals surface area contributed by atoms with E-state index in [2.05, 4.69) is 33.9 Å². The molecular weight excluding hydrogens is 360 g/mol. The van der Waals surface area contributed by atoms with Crippen molar-refractivity contribution >= 4 is 20.3 Å². The molecule has 6 heteroatoms. The van der Waals surface area contributed by atoms with Crippen LogP contribution in [0.1, 0.15) is 44.0 Å². The van der Waals surface area contributed by atoms with E-state index in [0.717, 1.165) is 6.42 Å². The Hall–Kier alpha value is -1.66. The van der Waals surface area contributed by atoms with Gasteiger partial charge in [0.15, 0.2) is 8.32 Å². The first-order chi connectivity index (χ1) is 12.6. The molecule has 1 saturated carbocycles. The smallest absolute Gasteiger partial charge is 0.338 e. The van der Waals surface area contributed by atoms with E-state index in [9.17, 15) is 9.59 Å². The Morgan fingerprint density at radius 2 is 1.89 bits per heavy atom. The van der Waals surface area contributed by atoms with Crippen molar-refractivity contribution in [2.45, 2.75) is 64.0 Å². The SMILES string of the molecule is CC(C)(C)[Si](C)(C)OCC1CC2CC(=O)OC2C1OC(=O)c1ccccc1. The van der Waals surface area contributed by atoms with E-state index in [1.807, 2.05) is 18.2 Å².